The van der Waals surface area contributed by atoms with E-state index in [9.17, 15) is 10.1 Å². The summed E-state index contributed by atoms with van der Waals surface area (Å²) in [5.41, 5.74) is 1.86. The van der Waals surface area contributed by atoms with Gasteiger partial charge in [-0.05, 0) is 54.1 Å². The second kappa shape index (κ2) is 7.89. The van der Waals surface area contributed by atoms with E-state index < -0.39 is 4.92 Å². The standard InChI is InChI=1S/C21H15N3O3S/c25-24(26)17-10-6-15(7-11-17)20-14-22-21(28-20)23-16-8-12-19(13-9-16)27-18-4-2-1-3-5-18/h1-14H,(H,22,23). The van der Waals surface area contributed by atoms with Crippen molar-refractivity contribution in [1.82, 2.24) is 4.98 Å². The molecule has 0 aliphatic carbocycles. The van der Waals surface area contributed by atoms with Crippen molar-refractivity contribution in [2.45, 2.75) is 0 Å². The Kier molecular flexibility index (Phi) is 4.99. The maximum absolute atomic E-state index is 10.8. The van der Waals surface area contributed by atoms with Crippen LogP contribution >= 0.6 is 11.3 Å². The Labute approximate surface area is 165 Å². The quantitative estimate of drug-likeness (QED) is 0.311. The topological polar surface area (TPSA) is 77.3 Å². The van der Waals surface area contributed by atoms with Crippen molar-refractivity contribution in [2.75, 3.05) is 5.32 Å². The molecule has 0 fully saturated rings. The number of non-ortho nitro benzene ring substituents is 1. The third-order valence-corrected chi connectivity index (χ3v) is 4.91. The van der Waals surface area contributed by atoms with Gasteiger partial charge in [0.25, 0.3) is 5.69 Å². The molecule has 0 amide bonds. The van der Waals surface area contributed by atoms with E-state index >= 15 is 0 Å². The van der Waals surface area contributed by atoms with Crippen molar-refractivity contribution >= 4 is 27.8 Å². The highest BCUT2D eigenvalue weighted by Crippen LogP contribution is 2.32. The number of nitrogens with one attached hydrogen (secondary N) is 1. The van der Waals surface area contributed by atoms with Gasteiger partial charge in [0.15, 0.2) is 5.13 Å². The van der Waals surface area contributed by atoms with Crippen LogP contribution in [-0.2, 0) is 0 Å². The molecule has 1 heterocycles. The minimum Gasteiger partial charge on any atom is -0.457 e. The number of nitro groups is 1. The highest BCUT2D eigenvalue weighted by molar-refractivity contribution is 7.18. The zero-order valence-electron chi connectivity index (χ0n) is 14.6. The highest BCUT2D eigenvalue weighted by atomic mass is 32.1. The van der Waals surface area contributed by atoms with E-state index in [1.807, 2.05) is 54.6 Å². The Morgan fingerprint density at radius 1 is 0.893 bits per heavy atom. The van der Waals surface area contributed by atoms with Crippen molar-refractivity contribution in [3.8, 4) is 21.9 Å². The molecule has 0 atom stereocenters. The van der Waals surface area contributed by atoms with Gasteiger partial charge < -0.3 is 10.1 Å². The van der Waals surface area contributed by atoms with Gasteiger partial charge in [-0.25, -0.2) is 4.98 Å². The highest BCUT2D eigenvalue weighted by Gasteiger charge is 2.08. The number of thiazole rings is 1. The predicted octanol–water partition coefficient (Wildman–Crippen LogP) is 6.25. The third kappa shape index (κ3) is 4.16. The predicted molar refractivity (Wildman–Crippen MR) is 110 cm³/mol. The number of hydrogen-bond acceptors (Lipinski definition) is 6. The summed E-state index contributed by atoms with van der Waals surface area (Å²) in [5.74, 6) is 1.54. The van der Waals surface area contributed by atoms with E-state index in [0.29, 0.717) is 0 Å². The molecule has 4 aromatic rings. The van der Waals surface area contributed by atoms with Crippen molar-refractivity contribution in [3.05, 3.63) is 95.2 Å². The van der Waals surface area contributed by atoms with Crippen LogP contribution in [0.2, 0.25) is 0 Å². The fourth-order valence-corrected chi connectivity index (χ4v) is 3.41. The van der Waals surface area contributed by atoms with Gasteiger partial charge >= 0.3 is 0 Å². The summed E-state index contributed by atoms with van der Waals surface area (Å²) in [6, 6.07) is 23.7. The van der Waals surface area contributed by atoms with Crippen LogP contribution in [0, 0.1) is 10.1 Å². The molecular formula is C21H15N3O3S. The lowest BCUT2D eigenvalue weighted by Crippen LogP contribution is -1.89. The minimum absolute atomic E-state index is 0.0735. The summed E-state index contributed by atoms with van der Waals surface area (Å²) < 4.78 is 5.78. The number of benzene rings is 3. The largest absolute Gasteiger partial charge is 0.457 e. The molecule has 7 heteroatoms. The Bertz CT molecular complexity index is 1080. The van der Waals surface area contributed by atoms with Crippen molar-refractivity contribution in [3.63, 3.8) is 0 Å². The summed E-state index contributed by atoms with van der Waals surface area (Å²) in [7, 11) is 0. The average Bonchev–Trinajstić information content (AvgIpc) is 3.19. The molecule has 0 bridgehead atoms. The lowest BCUT2D eigenvalue weighted by atomic mass is 10.2. The summed E-state index contributed by atoms with van der Waals surface area (Å²) in [6.45, 7) is 0. The maximum Gasteiger partial charge on any atom is 0.269 e. The first-order valence-electron chi connectivity index (χ1n) is 8.48. The number of nitrogens with zero attached hydrogens (tertiary/aromatic N) is 2. The van der Waals surface area contributed by atoms with Gasteiger partial charge in [0.05, 0.1) is 9.80 Å². The van der Waals surface area contributed by atoms with E-state index in [1.54, 1.807) is 18.3 Å². The number of ether oxygens (including phenoxy) is 1. The molecule has 0 radical (unpaired) electrons. The van der Waals surface area contributed by atoms with Crippen LogP contribution in [0.1, 0.15) is 0 Å². The molecule has 1 N–H and O–H groups in total. The summed E-state index contributed by atoms with van der Waals surface area (Å²) in [4.78, 5) is 15.7. The molecule has 0 spiro atoms. The molecule has 1 aromatic heterocycles. The first-order chi connectivity index (χ1) is 13.7. The lowest BCUT2D eigenvalue weighted by molar-refractivity contribution is -0.384. The molecule has 0 saturated carbocycles. The molecule has 28 heavy (non-hydrogen) atoms. The van der Waals surface area contributed by atoms with E-state index in [2.05, 4.69) is 10.3 Å². The Hall–Kier alpha value is -3.71. The second-order valence-electron chi connectivity index (χ2n) is 5.90. The van der Waals surface area contributed by atoms with Gasteiger partial charge in [-0.1, -0.05) is 29.5 Å². The molecular weight excluding hydrogens is 374 g/mol. The number of hydrogen-bond donors (Lipinski definition) is 1. The molecule has 0 aliphatic heterocycles. The first kappa shape index (κ1) is 17.7. The van der Waals surface area contributed by atoms with Crippen LogP contribution in [0.5, 0.6) is 11.5 Å². The number of nitro benzene ring substituents is 1. The fraction of sp³-hybridized carbons (Fsp3) is 0. The van der Waals surface area contributed by atoms with E-state index in [1.165, 1.54) is 23.5 Å². The van der Waals surface area contributed by atoms with Gasteiger partial charge in [0, 0.05) is 24.0 Å². The van der Waals surface area contributed by atoms with Crippen LogP contribution in [0.25, 0.3) is 10.4 Å². The van der Waals surface area contributed by atoms with Gasteiger partial charge in [0.2, 0.25) is 0 Å². The number of para-hydroxylation sites is 1. The monoisotopic (exact) mass is 389 g/mol. The zero-order chi connectivity index (χ0) is 19.3. The third-order valence-electron chi connectivity index (χ3n) is 3.95. The van der Waals surface area contributed by atoms with Crippen molar-refractivity contribution < 1.29 is 9.66 Å². The van der Waals surface area contributed by atoms with Crippen LogP contribution in [0.4, 0.5) is 16.5 Å². The average molecular weight is 389 g/mol. The van der Waals surface area contributed by atoms with E-state index in [4.69, 9.17) is 4.74 Å². The number of anilines is 2. The van der Waals surface area contributed by atoms with Gasteiger partial charge in [-0.15, -0.1) is 0 Å². The number of rotatable bonds is 6. The van der Waals surface area contributed by atoms with Gasteiger partial charge in [-0.2, -0.15) is 0 Å². The Morgan fingerprint density at radius 2 is 1.57 bits per heavy atom. The van der Waals surface area contributed by atoms with Crippen LogP contribution < -0.4 is 10.1 Å². The minimum atomic E-state index is -0.408. The number of aromatic nitrogens is 1. The smallest absolute Gasteiger partial charge is 0.269 e. The molecule has 6 nitrogen and oxygen atoms in total. The lowest BCUT2D eigenvalue weighted by Gasteiger charge is -2.07. The van der Waals surface area contributed by atoms with Crippen LogP contribution in [-0.4, -0.2) is 9.91 Å². The molecule has 4 rings (SSSR count). The normalized spacial score (nSPS) is 10.4. The molecule has 138 valence electrons. The van der Waals surface area contributed by atoms with Crippen molar-refractivity contribution in [1.29, 1.82) is 0 Å². The second-order valence-corrected chi connectivity index (χ2v) is 6.93. The van der Waals surface area contributed by atoms with Gasteiger partial charge in [0.1, 0.15) is 11.5 Å². The van der Waals surface area contributed by atoms with E-state index in [0.717, 1.165) is 32.8 Å². The maximum atomic E-state index is 10.8. The van der Waals surface area contributed by atoms with E-state index in [-0.39, 0.29) is 5.69 Å². The van der Waals surface area contributed by atoms with Gasteiger partial charge in [-0.3, -0.25) is 10.1 Å². The SMILES string of the molecule is O=[N+]([O-])c1ccc(-c2cnc(Nc3ccc(Oc4ccccc4)cc3)s2)cc1. The van der Waals surface area contributed by atoms with Crippen molar-refractivity contribution in [2.24, 2.45) is 0 Å². The summed E-state index contributed by atoms with van der Waals surface area (Å²) in [5, 5.41) is 14.8. The Balaban J connectivity index is 1.43. The first-order valence-corrected chi connectivity index (χ1v) is 9.30. The molecule has 0 saturated heterocycles. The zero-order valence-corrected chi connectivity index (χ0v) is 15.4. The molecule has 0 aliphatic rings. The Morgan fingerprint density at radius 3 is 2.25 bits per heavy atom. The molecule has 0 unspecified atom stereocenters. The van der Waals surface area contributed by atoms with Crippen LogP contribution in [0.3, 0.4) is 0 Å². The summed E-state index contributed by atoms with van der Waals surface area (Å²) >= 11 is 1.48. The summed E-state index contributed by atoms with van der Waals surface area (Å²) in [6.07, 6.45) is 1.75. The van der Waals surface area contributed by atoms with Crippen LogP contribution in [0.15, 0.2) is 85.1 Å². The fourth-order valence-electron chi connectivity index (χ4n) is 2.57. The molecule has 3 aromatic carbocycles.